The predicted octanol–water partition coefficient (Wildman–Crippen LogP) is 4.50. The molecule has 2 N–H and O–H groups in total. The SMILES string of the molecule is COC1C=CC(CN/C(=N\I)NC2CCC(c3ccccc3)CC2)=CC1. The highest BCUT2D eigenvalue weighted by Gasteiger charge is 2.22. The van der Waals surface area contributed by atoms with Crippen LogP contribution < -0.4 is 10.6 Å². The Bertz CT molecular complexity index is 648. The van der Waals surface area contributed by atoms with Crippen LogP contribution in [0, 0.1) is 0 Å². The van der Waals surface area contributed by atoms with Gasteiger partial charge >= 0.3 is 0 Å². The summed E-state index contributed by atoms with van der Waals surface area (Å²) in [4.78, 5) is 0. The van der Waals surface area contributed by atoms with Crippen molar-refractivity contribution in [2.24, 2.45) is 3.21 Å². The first kappa shape index (κ1) is 19.4. The lowest BCUT2D eigenvalue weighted by Crippen LogP contribution is -2.44. The van der Waals surface area contributed by atoms with Gasteiger partial charge in [-0.2, -0.15) is 3.21 Å². The smallest absolute Gasteiger partial charge is 0.202 e. The summed E-state index contributed by atoms with van der Waals surface area (Å²) in [5.41, 5.74) is 2.77. The first-order valence-electron chi connectivity index (χ1n) is 9.43. The van der Waals surface area contributed by atoms with Crippen LogP contribution in [0.4, 0.5) is 0 Å². The number of methoxy groups -OCH3 is 1. The Morgan fingerprint density at radius 1 is 1.19 bits per heavy atom. The number of hydrogen-bond donors (Lipinski definition) is 2. The van der Waals surface area contributed by atoms with Crippen molar-refractivity contribution in [3.8, 4) is 0 Å². The van der Waals surface area contributed by atoms with Gasteiger partial charge in [-0.15, -0.1) is 0 Å². The number of benzene rings is 1. The third-order valence-corrected chi connectivity index (χ3v) is 5.81. The van der Waals surface area contributed by atoms with Crippen molar-refractivity contribution in [2.75, 3.05) is 13.7 Å². The van der Waals surface area contributed by atoms with E-state index in [1.165, 1.54) is 36.8 Å². The van der Waals surface area contributed by atoms with E-state index in [0.717, 1.165) is 18.9 Å². The molecule has 0 saturated heterocycles. The maximum atomic E-state index is 5.34. The Hall–Kier alpha value is -1.34. The van der Waals surface area contributed by atoms with E-state index in [1.54, 1.807) is 7.11 Å². The molecule has 1 aromatic rings. The van der Waals surface area contributed by atoms with Crippen LogP contribution in [-0.2, 0) is 4.74 Å². The van der Waals surface area contributed by atoms with Gasteiger partial charge in [-0.25, -0.2) is 0 Å². The summed E-state index contributed by atoms with van der Waals surface area (Å²) in [5, 5.41) is 7.03. The molecule has 0 aromatic heterocycles. The fraction of sp³-hybridized carbons (Fsp3) is 0.476. The topological polar surface area (TPSA) is 45.6 Å². The monoisotopic (exact) mass is 465 g/mol. The quantitative estimate of drug-likeness (QED) is 0.383. The van der Waals surface area contributed by atoms with Gasteiger partial charge in [0.05, 0.1) is 29.0 Å². The maximum Gasteiger partial charge on any atom is 0.202 e. The van der Waals surface area contributed by atoms with Crippen molar-refractivity contribution in [1.82, 2.24) is 10.6 Å². The van der Waals surface area contributed by atoms with Gasteiger partial charge in [0, 0.05) is 19.7 Å². The van der Waals surface area contributed by atoms with Gasteiger partial charge in [0.15, 0.2) is 0 Å². The molecule has 1 aromatic carbocycles. The van der Waals surface area contributed by atoms with E-state index in [-0.39, 0.29) is 6.10 Å². The van der Waals surface area contributed by atoms with Gasteiger partial charge in [-0.05, 0) is 49.2 Å². The van der Waals surface area contributed by atoms with Gasteiger partial charge in [0.2, 0.25) is 5.96 Å². The van der Waals surface area contributed by atoms with Crippen LogP contribution in [-0.4, -0.2) is 31.8 Å². The maximum absolute atomic E-state index is 5.34. The van der Waals surface area contributed by atoms with Crippen LogP contribution in [0.5, 0.6) is 0 Å². The first-order valence-corrected chi connectivity index (χ1v) is 10.4. The fourth-order valence-corrected chi connectivity index (χ4v) is 4.04. The highest BCUT2D eigenvalue weighted by Crippen LogP contribution is 2.32. The molecule has 0 spiro atoms. The molecule has 0 bridgehead atoms. The lowest BCUT2D eigenvalue weighted by atomic mass is 9.82. The van der Waals surface area contributed by atoms with E-state index < -0.39 is 0 Å². The predicted molar refractivity (Wildman–Crippen MR) is 117 cm³/mol. The second-order valence-electron chi connectivity index (χ2n) is 7.04. The lowest BCUT2D eigenvalue weighted by Gasteiger charge is -2.30. The molecular formula is C21H28IN3O. The van der Waals surface area contributed by atoms with Crippen LogP contribution in [0.2, 0.25) is 0 Å². The Morgan fingerprint density at radius 3 is 2.58 bits per heavy atom. The van der Waals surface area contributed by atoms with E-state index in [0.29, 0.717) is 12.0 Å². The molecule has 4 nitrogen and oxygen atoms in total. The number of halogens is 1. The van der Waals surface area contributed by atoms with Crippen molar-refractivity contribution >= 4 is 28.8 Å². The Morgan fingerprint density at radius 2 is 1.96 bits per heavy atom. The van der Waals surface area contributed by atoms with Gasteiger partial charge in [-0.3, -0.25) is 0 Å². The second kappa shape index (κ2) is 10.1. The standard InChI is InChI=1S/C21H28IN3O/c1-26-20-13-7-16(8-14-20)15-23-21(25-22)24-19-11-9-18(10-12-19)17-5-3-2-4-6-17/h2-8,13,18-20H,9-12,14-15H2,1H3,(H2,23,24,25). The molecule has 140 valence electrons. The zero-order valence-electron chi connectivity index (χ0n) is 15.3. The van der Waals surface area contributed by atoms with Crippen molar-refractivity contribution in [3.05, 3.63) is 59.7 Å². The summed E-state index contributed by atoms with van der Waals surface area (Å²) < 4.78 is 9.70. The van der Waals surface area contributed by atoms with E-state index in [4.69, 9.17) is 4.74 Å². The second-order valence-corrected chi connectivity index (χ2v) is 7.52. The van der Waals surface area contributed by atoms with Gasteiger partial charge in [0.25, 0.3) is 0 Å². The molecule has 0 radical (unpaired) electrons. The third-order valence-electron chi connectivity index (χ3n) is 5.32. The van der Waals surface area contributed by atoms with E-state index >= 15 is 0 Å². The molecule has 1 atom stereocenters. The molecule has 1 fully saturated rings. The van der Waals surface area contributed by atoms with Crippen LogP contribution in [0.1, 0.15) is 43.6 Å². The van der Waals surface area contributed by atoms with E-state index in [2.05, 4.69) is 85.3 Å². The van der Waals surface area contributed by atoms with Gasteiger partial charge in [0.1, 0.15) is 0 Å². The molecule has 2 aliphatic rings. The Balaban J connectivity index is 1.42. The molecule has 3 rings (SSSR count). The largest absolute Gasteiger partial charge is 0.377 e. The number of guanidine groups is 1. The molecule has 0 amide bonds. The normalized spacial score (nSPS) is 26.3. The Kier molecular flexibility index (Phi) is 7.55. The average Bonchev–Trinajstić information content (AvgIpc) is 2.72. The lowest BCUT2D eigenvalue weighted by molar-refractivity contribution is 0.142. The summed E-state index contributed by atoms with van der Waals surface area (Å²) in [5.74, 6) is 1.59. The summed E-state index contributed by atoms with van der Waals surface area (Å²) in [6, 6.07) is 11.4. The summed E-state index contributed by atoms with van der Waals surface area (Å²) in [7, 11) is 1.75. The van der Waals surface area contributed by atoms with Crippen molar-refractivity contribution < 1.29 is 4.74 Å². The van der Waals surface area contributed by atoms with Crippen LogP contribution in [0.3, 0.4) is 0 Å². The number of rotatable bonds is 5. The minimum Gasteiger partial charge on any atom is -0.377 e. The molecule has 1 saturated carbocycles. The zero-order valence-corrected chi connectivity index (χ0v) is 17.5. The van der Waals surface area contributed by atoms with Crippen molar-refractivity contribution in [3.63, 3.8) is 0 Å². The molecule has 0 heterocycles. The molecule has 26 heavy (non-hydrogen) atoms. The summed E-state index contributed by atoms with van der Waals surface area (Å²) in [6.45, 7) is 0.793. The molecule has 0 aliphatic heterocycles. The van der Waals surface area contributed by atoms with Crippen molar-refractivity contribution in [2.45, 2.75) is 50.2 Å². The zero-order chi connectivity index (χ0) is 18.2. The highest BCUT2D eigenvalue weighted by molar-refractivity contribution is 14.1. The Labute approximate surface area is 170 Å². The van der Waals surface area contributed by atoms with Crippen LogP contribution in [0.15, 0.2) is 57.3 Å². The van der Waals surface area contributed by atoms with Crippen LogP contribution >= 0.6 is 22.9 Å². The molecule has 2 aliphatic carbocycles. The summed E-state index contributed by atoms with van der Waals surface area (Å²) in [6.07, 6.45) is 12.5. The number of nitrogens with zero attached hydrogens (tertiary/aromatic N) is 1. The molecule has 5 heteroatoms. The number of nitrogens with one attached hydrogen (secondary N) is 2. The minimum atomic E-state index is 0.217. The molecule has 1 unspecified atom stereocenters. The van der Waals surface area contributed by atoms with E-state index in [9.17, 15) is 0 Å². The molecular weight excluding hydrogens is 437 g/mol. The average molecular weight is 465 g/mol. The van der Waals surface area contributed by atoms with Gasteiger partial charge < -0.3 is 15.4 Å². The van der Waals surface area contributed by atoms with Crippen LogP contribution in [0.25, 0.3) is 0 Å². The summed E-state index contributed by atoms with van der Waals surface area (Å²) >= 11 is 2.07. The van der Waals surface area contributed by atoms with E-state index in [1.807, 2.05) is 0 Å². The van der Waals surface area contributed by atoms with Crippen molar-refractivity contribution in [1.29, 1.82) is 0 Å². The number of hydrogen-bond acceptors (Lipinski definition) is 2. The van der Waals surface area contributed by atoms with Gasteiger partial charge in [-0.1, -0.05) is 48.6 Å². The third kappa shape index (κ3) is 5.58. The minimum absolute atomic E-state index is 0.217. The fourth-order valence-electron chi connectivity index (χ4n) is 3.73. The number of ether oxygens (including phenoxy) is 1. The first-order chi connectivity index (χ1) is 12.8. The highest BCUT2D eigenvalue weighted by atomic mass is 127.